The van der Waals surface area contributed by atoms with Gasteiger partial charge in [-0.2, -0.15) is 0 Å². The van der Waals surface area contributed by atoms with Crippen LogP contribution in [-0.4, -0.2) is 19.4 Å². The Morgan fingerprint density at radius 2 is 1.79 bits per heavy atom. The molecule has 0 aliphatic carbocycles. The predicted octanol–water partition coefficient (Wildman–Crippen LogP) is 4.84. The first-order valence-electron chi connectivity index (χ1n) is 7.04. The molecule has 0 heterocycles. The fraction of sp³-hybridized carbons (Fsp3) is 0.600. The van der Waals surface area contributed by atoms with Crippen LogP contribution in [0, 0.1) is 0 Å². The predicted molar refractivity (Wildman–Crippen MR) is 79.8 cm³/mol. The van der Waals surface area contributed by atoms with E-state index in [0.717, 1.165) is 12.8 Å². The summed E-state index contributed by atoms with van der Waals surface area (Å²) in [5.41, 5.74) is 1.20. The Hall–Kier alpha value is -0.630. The van der Waals surface area contributed by atoms with Gasteiger partial charge in [-0.05, 0) is 18.4 Å². The van der Waals surface area contributed by atoms with Crippen molar-refractivity contribution in [1.29, 1.82) is 0 Å². The zero-order valence-corrected chi connectivity index (χ0v) is 13.1. The lowest BCUT2D eigenvalue weighted by Gasteiger charge is -2.20. The van der Waals surface area contributed by atoms with E-state index in [2.05, 4.69) is 19.1 Å². The molecule has 0 saturated heterocycles. The zero-order valence-electron chi connectivity index (χ0n) is 12.2. The van der Waals surface area contributed by atoms with Gasteiger partial charge in [-0.25, -0.2) is 0 Å². The Morgan fingerprint density at radius 3 is 2.37 bits per heavy atom. The minimum absolute atomic E-state index is 0.219. The van der Waals surface area contributed by atoms with Crippen LogP contribution in [0.25, 0.3) is 0 Å². The van der Waals surface area contributed by atoms with Crippen molar-refractivity contribution in [2.45, 2.75) is 39.5 Å². The summed E-state index contributed by atoms with van der Waals surface area (Å²) in [6, 6.07) is 10.1. The lowest BCUT2D eigenvalue weighted by molar-refractivity contribution is 0.197. The molecule has 0 saturated carbocycles. The molecule has 4 heteroatoms. The molecule has 0 radical (unpaired) electrons. The molecule has 0 bridgehead atoms. The van der Waals surface area contributed by atoms with Crippen molar-refractivity contribution in [3.8, 4) is 0 Å². The highest BCUT2D eigenvalue weighted by Crippen LogP contribution is 2.49. The van der Waals surface area contributed by atoms with Crippen molar-refractivity contribution in [1.82, 2.24) is 0 Å². The Bertz CT molecular complexity index is 392. The molecule has 2 atom stereocenters. The second-order valence-electron chi connectivity index (χ2n) is 4.78. The molecule has 0 aromatic heterocycles. The van der Waals surface area contributed by atoms with Crippen LogP contribution in [0.4, 0.5) is 0 Å². The topological polar surface area (TPSA) is 35.5 Å². The van der Waals surface area contributed by atoms with Crippen molar-refractivity contribution in [3.63, 3.8) is 0 Å². The number of benzene rings is 1. The van der Waals surface area contributed by atoms with Gasteiger partial charge in [-0.15, -0.1) is 0 Å². The molecule has 0 N–H and O–H groups in total. The fourth-order valence-corrected chi connectivity index (χ4v) is 3.57. The largest absolute Gasteiger partial charge is 0.330 e. The van der Waals surface area contributed by atoms with Gasteiger partial charge in [0.2, 0.25) is 0 Å². The van der Waals surface area contributed by atoms with Gasteiger partial charge in [-0.3, -0.25) is 4.57 Å². The second kappa shape index (κ2) is 8.52. The third kappa shape index (κ3) is 5.90. The lowest BCUT2D eigenvalue weighted by atomic mass is 10.0. The van der Waals surface area contributed by atoms with Crippen LogP contribution in [0.15, 0.2) is 30.3 Å². The standard InChI is InChI=1S/C15H25O3P/c1-4-11-17-19(16,12-5-2)18-13-14(3)15-9-7-6-8-10-15/h6-10,14H,4-5,11-13H2,1-3H3. The average Bonchev–Trinajstić information content (AvgIpc) is 2.44. The minimum atomic E-state index is -2.91. The third-order valence-corrected chi connectivity index (χ3v) is 4.99. The molecule has 1 rings (SSSR count). The maximum atomic E-state index is 12.5. The molecular formula is C15H25O3P. The fourth-order valence-electron chi connectivity index (χ4n) is 1.77. The van der Waals surface area contributed by atoms with E-state index >= 15 is 0 Å². The Balaban J connectivity index is 2.54. The molecule has 19 heavy (non-hydrogen) atoms. The zero-order chi connectivity index (χ0) is 14.1. The minimum Gasteiger partial charge on any atom is -0.309 e. The van der Waals surface area contributed by atoms with E-state index in [0.29, 0.717) is 19.4 Å². The summed E-state index contributed by atoms with van der Waals surface area (Å²) < 4.78 is 23.5. The second-order valence-corrected chi connectivity index (χ2v) is 6.96. The van der Waals surface area contributed by atoms with Gasteiger partial charge >= 0.3 is 7.60 Å². The first-order chi connectivity index (χ1) is 9.11. The summed E-state index contributed by atoms with van der Waals surface area (Å²) in [4.78, 5) is 0. The highest BCUT2D eigenvalue weighted by Gasteiger charge is 2.24. The lowest BCUT2D eigenvalue weighted by Crippen LogP contribution is -2.07. The highest BCUT2D eigenvalue weighted by molar-refractivity contribution is 7.53. The Kier molecular flexibility index (Phi) is 7.37. The molecule has 1 aromatic rings. The molecule has 0 amide bonds. The summed E-state index contributed by atoms with van der Waals surface area (Å²) in [6.45, 7) is 7.00. The summed E-state index contributed by atoms with van der Waals surface area (Å²) in [7, 11) is -2.91. The molecule has 0 aliphatic heterocycles. The van der Waals surface area contributed by atoms with Gasteiger partial charge in [0.1, 0.15) is 0 Å². The molecule has 2 unspecified atom stereocenters. The van der Waals surface area contributed by atoms with Crippen LogP contribution in [-0.2, 0) is 13.6 Å². The Morgan fingerprint density at radius 1 is 1.11 bits per heavy atom. The average molecular weight is 284 g/mol. The monoisotopic (exact) mass is 284 g/mol. The van der Waals surface area contributed by atoms with Crippen molar-refractivity contribution < 1.29 is 13.6 Å². The van der Waals surface area contributed by atoms with Gasteiger partial charge < -0.3 is 9.05 Å². The van der Waals surface area contributed by atoms with Crippen molar-refractivity contribution in [2.75, 3.05) is 19.4 Å². The quantitative estimate of drug-likeness (QED) is 0.609. The van der Waals surface area contributed by atoms with Crippen LogP contribution in [0.2, 0.25) is 0 Å². The SMILES string of the molecule is CCCOP(=O)(CCC)OCC(C)c1ccccc1. The molecule has 0 fully saturated rings. The molecule has 0 spiro atoms. The normalized spacial score (nSPS) is 15.9. The van der Waals surface area contributed by atoms with E-state index in [1.54, 1.807) is 0 Å². The summed E-state index contributed by atoms with van der Waals surface area (Å²) in [6.07, 6.45) is 2.15. The van der Waals surface area contributed by atoms with E-state index < -0.39 is 7.60 Å². The Labute approximate surface area is 116 Å². The van der Waals surface area contributed by atoms with Crippen LogP contribution in [0.3, 0.4) is 0 Å². The molecule has 3 nitrogen and oxygen atoms in total. The molecule has 1 aromatic carbocycles. The summed E-state index contributed by atoms with van der Waals surface area (Å²) in [5.74, 6) is 0.219. The van der Waals surface area contributed by atoms with E-state index in [1.165, 1.54) is 5.56 Å². The van der Waals surface area contributed by atoms with Crippen LogP contribution < -0.4 is 0 Å². The van der Waals surface area contributed by atoms with E-state index in [9.17, 15) is 4.57 Å². The molecular weight excluding hydrogens is 259 g/mol. The maximum Gasteiger partial charge on any atom is 0.330 e. The van der Waals surface area contributed by atoms with Crippen molar-refractivity contribution >= 4 is 7.60 Å². The highest BCUT2D eigenvalue weighted by atomic mass is 31.2. The third-order valence-electron chi connectivity index (χ3n) is 2.88. The van der Waals surface area contributed by atoms with Crippen molar-refractivity contribution in [3.05, 3.63) is 35.9 Å². The molecule has 108 valence electrons. The number of hydrogen-bond acceptors (Lipinski definition) is 3. The number of hydrogen-bond donors (Lipinski definition) is 0. The first kappa shape index (κ1) is 16.4. The van der Waals surface area contributed by atoms with Crippen molar-refractivity contribution in [2.24, 2.45) is 0 Å². The smallest absolute Gasteiger partial charge is 0.309 e. The van der Waals surface area contributed by atoms with Gasteiger partial charge in [0.25, 0.3) is 0 Å². The van der Waals surface area contributed by atoms with E-state index in [-0.39, 0.29) is 5.92 Å². The van der Waals surface area contributed by atoms with Crippen LogP contribution in [0.5, 0.6) is 0 Å². The van der Waals surface area contributed by atoms with Gasteiger partial charge in [0.05, 0.1) is 13.2 Å². The maximum absolute atomic E-state index is 12.5. The van der Waals surface area contributed by atoms with E-state index in [4.69, 9.17) is 9.05 Å². The van der Waals surface area contributed by atoms with Crippen LogP contribution in [0.1, 0.15) is 45.1 Å². The summed E-state index contributed by atoms with van der Waals surface area (Å²) >= 11 is 0. The van der Waals surface area contributed by atoms with Crippen LogP contribution >= 0.6 is 7.60 Å². The summed E-state index contributed by atoms with van der Waals surface area (Å²) in [5, 5.41) is 0. The molecule has 0 aliphatic rings. The van der Waals surface area contributed by atoms with Gasteiger partial charge in [0.15, 0.2) is 0 Å². The van der Waals surface area contributed by atoms with Gasteiger partial charge in [0, 0.05) is 12.1 Å². The van der Waals surface area contributed by atoms with Gasteiger partial charge in [-0.1, -0.05) is 51.1 Å². The first-order valence-corrected chi connectivity index (χ1v) is 8.77. The van der Waals surface area contributed by atoms with E-state index in [1.807, 2.05) is 32.0 Å². The number of rotatable bonds is 9.